The lowest BCUT2D eigenvalue weighted by Gasteiger charge is -2.12. The number of hydrogen-bond donors (Lipinski definition) is 0. The molecular weight excluding hydrogens is 211 g/mol. The van der Waals surface area contributed by atoms with E-state index in [0.29, 0.717) is 13.2 Å². The molecule has 1 rings (SSSR count). The van der Waals surface area contributed by atoms with Crippen molar-refractivity contribution in [1.82, 2.24) is 0 Å². The number of rotatable bonds is 8. The highest BCUT2D eigenvalue weighted by Gasteiger charge is 2.24. The maximum Gasteiger partial charge on any atom is 0.474 e. The third-order valence-electron chi connectivity index (χ3n) is 1.63. The van der Waals surface area contributed by atoms with Crippen LogP contribution in [0.1, 0.15) is 0 Å². The molecule has 0 bridgehead atoms. The van der Waals surface area contributed by atoms with Gasteiger partial charge in [-0.1, -0.05) is 0 Å². The number of ether oxygens (including phenoxy) is 2. The lowest BCUT2D eigenvalue weighted by molar-refractivity contribution is 0.0688. The minimum Gasteiger partial charge on any atom is -0.376 e. The Bertz CT molecular complexity index is 196. The highest BCUT2D eigenvalue weighted by atomic mass is 31.2. The van der Waals surface area contributed by atoms with Gasteiger partial charge in [-0.2, -0.15) is 0 Å². The van der Waals surface area contributed by atoms with Gasteiger partial charge in [-0.05, 0) is 0 Å². The number of hydrogen-bond acceptors (Lipinski definition) is 6. The normalized spacial score (nSPS) is 21.1. The van der Waals surface area contributed by atoms with Gasteiger partial charge in [-0.25, -0.2) is 4.57 Å². The minimum atomic E-state index is -3.34. The van der Waals surface area contributed by atoms with Crippen LogP contribution in [0.5, 0.6) is 0 Å². The zero-order valence-corrected chi connectivity index (χ0v) is 9.20. The van der Waals surface area contributed by atoms with Gasteiger partial charge in [-0.3, -0.25) is 13.6 Å². The first-order valence-corrected chi connectivity index (χ1v) is 5.71. The Morgan fingerprint density at radius 2 is 2.00 bits per heavy atom. The monoisotopic (exact) mass is 226 g/mol. The molecule has 0 radical (unpaired) electrons. The van der Waals surface area contributed by atoms with E-state index < -0.39 is 7.82 Å². The summed E-state index contributed by atoms with van der Waals surface area (Å²) >= 11 is 0. The van der Waals surface area contributed by atoms with E-state index in [9.17, 15) is 4.57 Å². The Kier molecular flexibility index (Phi) is 5.01. The summed E-state index contributed by atoms with van der Waals surface area (Å²) in [6.45, 7) is 1.82. The fourth-order valence-electron chi connectivity index (χ4n) is 0.767. The van der Waals surface area contributed by atoms with Crippen LogP contribution in [0.25, 0.3) is 0 Å². The van der Waals surface area contributed by atoms with Gasteiger partial charge in [0.1, 0.15) is 6.10 Å². The predicted octanol–water partition coefficient (Wildman–Crippen LogP) is 0.819. The minimum absolute atomic E-state index is 0.172. The molecule has 6 nitrogen and oxygen atoms in total. The zero-order valence-electron chi connectivity index (χ0n) is 8.30. The van der Waals surface area contributed by atoms with Gasteiger partial charge < -0.3 is 9.47 Å². The Morgan fingerprint density at radius 3 is 2.50 bits per heavy atom. The molecule has 1 atom stereocenters. The van der Waals surface area contributed by atoms with Crippen molar-refractivity contribution >= 4 is 7.82 Å². The highest BCUT2D eigenvalue weighted by Crippen LogP contribution is 2.47. The summed E-state index contributed by atoms with van der Waals surface area (Å²) in [5.74, 6) is 0. The molecule has 1 saturated heterocycles. The Balaban J connectivity index is 1.98. The van der Waals surface area contributed by atoms with Gasteiger partial charge in [0.2, 0.25) is 0 Å². The SMILES string of the molecule is COP(=O)(OC)OCCOCC1CO1. The summed E-state index contributed by atoms with van der Waals surface area (Å²) in [6.07, 6.45) is 0.228. The lowest BCUT2D eigenvalue weighted by atomic mass is 10.5. The van der Waals surface area contributed by atoms with Crippen LogP contribution >= 0.6 is 7.82 Å². The molecule has 0 aromatic heterocycles. The van der Waals surface area contributed by atoms with Crippen molar-refractivity contribution in [3.63, 3.8) is 0 Å². The highest BCUT2D eigenvalue weighted by molar-refractivity contribution is 7.48. The third-order valence-corrected chi connectivity index (χ3v) is 3.02. The van der Waals surface area contributed by atoms with Crippen molar-refractivity contribution in [1.29, 1.82) is 0 Å². The van der Waals surface area contributed by atoms with Crippen LogP contribution in [0.15, 0.2) is 0 Å². The zero-order chi connectivity index (χ0) is 10.4. The standard InChI is InChI=1S/C7H15O6P/c1-9-14(8,10-2)13-4-3-11-5-7-6-12-7/h7H,3-6H2,1-2H3. The molecule has 1 fully saturated rings. The van der Waals surface area contributed by atoms with Crippen LogP contribution in [0.3, 0.4) is 0 Å². The first-order valence-electron chi connectivity index (χ1n) is 4.25. The van der Waals surface area contributed by atoms with E-state index in [1.54, 1.807) is 0 Å². The Hall–Kier alpha value is 0.0300. The molecule has 1 heterocycles. The Labute approximate surface area is 83.0 Å². The lowest BCUT2D eigenvalue weighted by Crippen LogP contribution is -2.08. The summed E-state index contributed by atoms with van der Waals surface area (Å²) in [5.41, 5.74) is 0. The van der Waals surface area contributed by atoms with E-state index in [1.807, 2.05) is 0 Å². The van der Waals surface area contributed by atoms with Crippen LogP contribution in [0.2, 0.25) is 0 Å². The average molecular weight is 226 g/mol. The molecule has 0 aliphatic carbocycles. The Morgan fingerprint density at radius 1 is 1.36 bits per heavy atom. The molecule has 0 saturated carbocycles. The van der Waals surface area contributed by atoms with E-state index in [0.717, 1.165) is 6.61 Å². The molecule has 0 aromatic carbocycles. The van der Waals surface area contributed by atoms with E-state index in [1.165, 1.54) is 14.2 Å². The number of phosphoric ester groups is 1. The fraction of sp³-hybridized carbons (Fsp3) is 1.00. The van der Waals surface area contributed by atoms with Crippen molar-refractivity contribution in [3.05, 3.63) is 0 Å². The van der Waals surface area contributed by atoms with Crippen LogP contribution in [0.4, 0.5) is 0 Å². The van der Waals surface area contributed by atoms with Crippen LogP contribution in [-0.2, 0) is 27.6 Å². The van der Waals surface area contributed by atoms with Crippen LogP contribution in [-0.4, -0.2) is 46.8 Å². The van der Waals surface area contributed by atoms with Gasteiger partial charge >= 0.3 is 7.82 Å². The second-order valence-corrected chi connectivity index (χ2v) is 4.56. The molecule has 1 unspecified atom stereocenters. The first kappa shape index (κ1) is 12.1. The molecule has 7 heteroatoms. The van der Waals surface area contributed by atoms with E-state index >= 15 is 0 Å². The van der Waals surface area contributed by atoms with Crippen molar-refractivity contribution in [3.8, 4) is 0 Å². The van der Waals surface area contributed by atoms with E-state index in [2.05, 4.69) is 9.05 Å². The number of phosphoric acid groups is 1. The molecule has 0 spiro atoms. The van der Waals surface area contributed by atoms with Crippen molar-refractivity contribution in [2.45, 2.75) is 6.10 Å². The van der Waals surface area contributed by atoms with Gasteiger partial charge in [0.05, 0.1) is 26.4 Å². The molecule has 0 aromatic rings. The average Bonchev–Trinajstić information content (AvgIpc) is 3.01. The van der Waals surface area contributed by atoms with Crippen molar-refractivity contribution < 1.29 is 27.6 Å². The second kappa shape index (κ2) is 5.80. The molecule has 1 aliphatic heterocycles. The summed E-state index contributed by atoms with van der Waals surface area (Å²) in [5, 5.41) is 0. The molecule has 84 valence electrons. The van der Waals surface area contributed by atoms with Gasteiger partial charge in [0, 0.05) is 14.2 Å². The molecular formula is C7H15O6P. The molecule has 1 aliphatic rings. The maximum atomic E-state index is 11.3. The third kappa shape index (κ3) is 4.50. The summed E-state index contributed by atoms with van der Waals surface area (Å²) in [6, 6.07) is 0. The van der Waals surface area contributed by atoms with Crippen LogP contribution < -0.4 is 0 Å². The second-order valence-electron chi connectivity index (χ2n) is 2.68. The first-order chi connectivity index (χ1) is 6.70. The summed E-state index contributed by atoms with van der Waals surface area (Å²) in [4.78, 5) is 0. The van der Waals surface area contributed by atoms with Crippen molar-refractivity contribution in [2.75, 3.05) is 40.6 Å². The van der Waals surface area contributed by atoms with E-state index in [4.69, 9.17) is 14.0 Å². The van der Waals surface area contributed by atoms with Crippen LogP contribution in [0, 0.1) is 0 Å². The smallest absolute Gasteiger partial charge is 0.376 e. The quantitative estimate of drug-likeness (QED) is 0.347. The number of epoxide rings is 1. The van der Waals surface area contributed by atoms with Gasteiger partial charge in [0.25, 0.3) is 0 Å². The molecule has 0 amide bonds. The van der Waals surface area contributed by atoms with E-state index in [-0.39, 0.29) is 12.7 Å². The van der Waals surface area contributed by atoms with Gasteiger partial charge in [-0.15, -0.1) is 0 Å². The molecule has 0 N–H and O–H groups in total. The summed E-state index contributed by atoms with van der Waals surface area (Å²) in [7, 11) is -0.807. The summed E-state index contributed by atoms with van der Waals surface area (Å²) < 4.78 is 35.4. The topological polar surface area (TPSA) is 66.5 Å². The predicted molar refractivity (Wildman–Crippen MR) is 48.1 cm³/mol. The van der Waals surface area contributed by atoms with Crippen molar-refractivity contribution in [2.24, 2.45) is 0 Å². The molecule has 14 heavy (non-hydrogen) atoms. The van der Waals surface area contributed by atoms with Gasteiger partial charge in [0.15, 0.2) is 0 Å². The largest absolute Gasteiger partial charge is 0.474 e. The fourth-order valence-corrected chi connectivity index (χ4v) is 1.43. The maximum absolute atomic E-state index is 11.3.